The van der Waals surface area contributed by atoms with E-state index in [1.54, 1.807) is 14.0 Å². The van der Waals surface area contributed by atoms with E-state index in [-0.39, 0.29) is 11.7 Å². The van der Waals surface area contributed by atoms with Crippen LogP contribution in [0.5, 0.6) is 5.75 Å². The van der Waals surface area contributed by atoms with Crippen LogP contribution in [0.1, 0.15) is 28.5 Å². The molecule has 39 heavy (non-hydrogen) atoms. The number of amides is 1. The van der Waals surface area contributed by atoms with Gasteiger partial charge in [-0.25, -0.2) is 9.59 Å². The van der Waals surface area contributed by atoms with Crippen LogP contribution in [-0.2, 0) is 20.9 Å². The lowest BCUT2D eigenvalue weighted by molar-refractivity contribution is -0.134. The molecule has 1 amide bonds. The van der Waals surface area contributed by atoms with Gasteiger partial charge in [0.25, 0.3) is 0 Å². The van der Waals surface area contributed by atoms with Crippen molar-refractivity contribution in [2.45, 2.75) is 20.4 Å². The van der Waals surface area contributed by atoms with Gasteiger partial charge in [-0.2, -0.15) is 0 Å². The van der Waals surface area contributed by atoms with E-state index in [0.717, 1.165) is 67.2 Å². The molecule has 0 unspecified atom stereocenters. The number of ether oxygens (including phenoxy) is 1. The summed E-state index contributed by atoms with van der Waals surface area (Å²) in [4.78, 5) is 48.4. The maximum Gasteiger partial charge on any atom is 0.328 e. The van der Waals surface area contributed by atoms with Crippen molar-refractivity contribution in [3.05, 3.63) is 77.5 Å². The van der Waals surface area contributed by atoms with E-state index in [0.29, 0.717) is 17.7 Å². The third-order valence-electron chi connectivity index (χ3n) is 6.64. The number of carbonyl (C=O) groups excluding carboxylic acids is 2. The second-order valence-electron chi connectivity index (χ2n) is 9.04. The third kappa shape index (κ3) is 7.55. The van der Waals surface area contributed by atoms with Crippen LogP contribution in [0.15, 0.2) is 60.7 Å². The van der Waals surface area contributed by atoms with Crippen LogP contribution in [0, 0.1) is 6.92 Å². The number of aliphatic carboxylic acids is 2. The van der Waals surface area contributed by atoms with E-state index in [1.807, 2.05) is 54.3 Å². The molecule has 1 saturated heterocycles. The number of carboxylic acids is 2. The number of methoxy groups -OCH3 is 1. The zero-order chi connectivity index (χ0) is 28.5. The molecule has 3 aromatic rings. The minimum Gasteiger partial charge on any atom is -0.497 e. The highest BCUT2D eigenvalue weighted by Crippen LogP contribution is 2.28. The molecule has 206 valence electrons. The normalized spacial score (nSPS) is 13.7. The number of para-hydroxylation sites is 1. The van der Waals surface area contributed by atoms with Crippen molar-refractivity contribution in [3.63, 3.8) is 0 Å². The van der Waals surface area contributed by atoms with Gasteiger partial charge in [-0.05, 0) is 37.3 Å². The zero-order valence-corrected chi connectivity index (χ0v) is 22.3. The van der Waals surface area contributed by atoms with Crippen LogP contribution < -0.4 is 4.74 Å². The molecule has 1 aromatic heterocycles. The van der Waals surface area contributed by atoms with E-state index in [2.05, 4.69) is 15.5 Å². The number of benzene rings is 2. The van der Waals surface area contributed by atoms with Crippen molar-refractivity contribution in [2.24, 2.45) is 0 Å². The van der Waals surface area contributed by atoms with Crippen molar-refractivity contribution in [3.8, 4) is 5.75 Å². The van der Waals surface area contributed by atoms with E-state index in [9.17, 15) is 19.2 Å². The smallest absolute Gasteiger partial charge is 0.328 e. The predicted octanol–water partition coefficient (Wildman–Crippen LogP) is 3.07. The molecular weight excluding hydrogens is 502 g/mol. The first-order valence-corrected chi connectivity index (χ1v) is 12.5. The number of nitrogens with zero attached hydrogens (tertiary/aromatic N) is 3. The number of hydrogen-bond donors (Lipinski definition) is 2. The van der Waals surface area contributed by atoms with Gasteiger partial charge >= 0.3 is 11.9 Å². The summed E-state index contributed by atoms with van der Waals surface area (Å²) < 4.78 is 7.47. The Morgan fingerprint density at radius 2 is 1.46 bits per heavy atom. The van der Waals surface area contributed by atoms with Gasteiger partial charge in [-0.3, -0.25) is 14.5 Å². The van der Waals surface area contributed by atoms with Gasteiger partial charge in [0.15, 0.2) is 5.78 Å². The van der Waals surface area contributed by atoms with Crippen molar-refractivity contribution in [2.75, 3.05) is 39.8 Å². The average Bonchev–Trinajstić information content (AvgIpc) is 3.21. The fraction of sp³-hybridized carbons (Fsp3) is 0.310. The van der Waals surface area contributed by atoms with Gasteiger partial charge in [0.1, 0.15) is 5.75 Å². The van der Waals surface area contributed by atoms with Gasteiger partial charge in [0.2, 0.25) is 5.91 Å². The molecule has 1 aliphatic rings. The highest BCUT2D eigenvalue weighted by molar-refractivity contribution is 6.17. The molecule has 0 aliphatic carbocycles. The van der Waals surface area contributed by atoms with E-state index < -0.39 is 11.9 Å². The Bertz CT molecular complexity index is 1350. The molecule has 2 N–H and O–H groups in total. The van der Waals surface area contributed by atoms with E-state index >= 15 is 0 Å². The molecule has 0 radical (unpaired) electrons. The Morgan fingerprint density at radius 1 is 0.872 bits per heavy atom. The van der Waals surface area contributed by atoms with Crippen molar-refractivity contribution >= 4 is 34.5 Å². The Labute approximate surface area is 226 Å². The Balaban J connectivity index is 0.000000459. The van der Waals surface area contributed by atoms with Crippen LogP contribution in [0.4, 0.5) is 0 Å². The SMILES string of the molecule is COc1ccc(C(=O)c2c(C)n(CCN3CCN(C(C)=O)CC3)c3ccccc23)cc1.O=C(O)C=CC(=O)O. The van der Waals surface area contributed by atoms with Crippen LogP contribution in [0.2, 0.25) is 0 Å². The first kappa shape index (κ1) is 29.1. The largest absolute Gasteiger partial charge is 0.497 e. The number of aromatic nitrogens is 1. The molecule has 1 aliphatic heterocycles. The Kier molecular flexibility index (Phi) is 9.99. The summed E-state index contributed by atoms with van der Waals surface area (Å²) in [5.74, 6) is -1.60. The summed E-state index contributed by atoms with van der Waals surface area (Å²) in [6, 6.07) is 15.4. The monoisotopic (exact) mass is 535 g/mol. The summed E-state index contributed by atoms with van der Waals surface area (Å²) in [5.41, 5.74) is 3.50. The minimum atomic E-state index is -1.26. The molecule has 0 bridgehead atoms. The number of fused-ring (bicyclic) bond motifs is 1. The molecule has 10 heteroatoms. The number of piperazine rings is 1. The molecular formula is C29H33N3O7. The summed E-state index contributed by atoms with van der Waals surface area (Å²) in [6.45, 7) is 8.69. The Morgan fingerprint density at radius 3 is 2.00 bits per heavy atom. The lowest BCUT2D eigenvalue weighted by atomic mass is 10.0. The standard InChI is InChI=1S/C25H29N3O3.C4H4O4/c1-18-24(25(30)20-8-10-21(31-3)11-9-20)22-6-4-5-7-23(22)28(18)17-14-26-12-15-27(16-13-26)19(2)29;5-3(6)1-2-4(7)8/h4-11H,12-17H2,1-3H3;1-2H,(H,5,6)(H,7,8). The minimum absolute atomic E-state index is 0.0326. The number of rotatable bonds is 8. The van der Waals surface area contributed by atoms with E-state index in [1.165, 1.54) is 0 Å². The number of hydrogen-bond acceptors (Lipinski definition) is 6. The molecule has 1 fully saturated rings. The predicted molar refractivity (Wildman–Crippen MR) is 146 cm³/mol. The average molecular weight is 536 g/mol. The van der Waals surface area contributed by atoms with Crippen LogP contribution >= 0.6 is 0 Å². The summed E-state index contributed by atoms with van der Waals surface area (Å²) in [5, 5.41) is 16.6. The van der Waals surface area contributed by atoms with Crippen molar-refractivity contribution in [1.82, 2.24) is 14.4 Å². The van der Waals surface area contributed by atoms with Crippen LogP contribution in [0.25, 0.3) is 10.9 Å². The van der Waals surface area contributed by atoms with Crippen LogP contribution in [-0.4, -0.2) is 88.0 Å². The molecule has 0 atom stereocenters. The maximum atomic E-state index is 13.4. The number of carbonyl (C=O) groups is 4. The zero-order valence-electron chi connectivity index (χ0n) is 22.3. The third-order valence-corrected chi connectivity index (χ3v) is 6.64. The lowest BCUT2D eigenvalue weighted by Crippen LogP contribution is -2.48. The highest BCUT2D eigenvalue weighted by atomic mass is 16.5. The molecule has 2 aromatic carbocycles. The second-order valence-corrected chi connectivity index (χ2v) is 9.04. The van der Waals surface area contributed by atoms with Gasteiger partial charge in [0, 0.05) is 80.5 Å². The van der Waals surface area contributed by atoms with Gasteiger partial charge < -0.3 is 24.4 Å². The first-order valence-electron chi connectivity index (χ1n) is 12.5. The second kappa shape index (κ2) is 13.4. The van der Waals surface area contributed by atoms with Crippen molar-refractivity contribution in [1.29, 1.82) is 0 Å². The first-order chi connectivity index (χ1) is 18.6. The summed E-state index contributed by atoms with van der Waals surface area (Å²) >= 11 is 0. The van der Waals surface area contributed by atoms with Gasteiger partial charge in [0.05, 0.1) is 12.7 Å². The number of ketones is 1. The van der Waals surface area contributed by atoms with Gasteiger partial charge in [-0.1, -0.05) is 18.2 Å². The summed E-state index contributed by atoms with van der Waals surface area (Å²) in [6.07, 6.45) is 1.12. The van der Waals surface area contributed by atoms with Crippen LogP contribution in [0.3, 0.4) is 0 Å². The van der Waals surface area contributed by atoms with E-state index in [4.69, 9.17) is 14.9 Å². The highest BCUT2D eigenvalue weighted by Gasteiger charge is 2.22. The maximum absolute atomic E-state index is 13.4. The quantitative estimate of drug-likeness (QED) is 0.333. The van der Waals surface area contributed by atoms with Crippen molar-refractivity contribution < 1.29 is 34.1 Å². The lowest BCUT2D eigenvalue weighted by Gasteiger charge is -2.34. The fourth-order valence-corrected chi connectivity index (χ4v) is 4.56. The molecule has 4 rings (SSSR count). The fourth-order valence-electron chi connectivity index (χ4n) is 4.56. The number of carboxylic acid groups (broad SMARTS) is 2. The molecule has 2 heterocycles. The topological polar surface area (TPSA) is 129 Å². The van der Waals surface area contributed by atoms with Gasteiger partial charge in [-0.15, -0.1) is 0 Å². The Hall–Kier alpha value is -4.44. The molecule has 0 saturated carbocycles. The molecule has 0 spiro atoms. The molecule has 10 nitrogen and oxygen atoms in total. The summed E-state index contributed by atoms with van der Waals surface area (Å²) in [7, 11) is 1.62.